The third kappa shape index (κ3) is 3.87. The van der Waals surface area contributed by atoms with Gasteiger partial charge in [-0.15, -0.1) is 0 Å². The number of halogens is 2. The van der Waals surface area contributed by atoms with Crippen LogP contribution in [-0.4, -0.2) is 6.04 Å². The van der Waals surface area contributed by atoms with Crippen molar-refractivity contribution in [2.45, 2.75) is 19.4 Å². The van der Waals surface area contributed by atoms with E-state index in [2.05, 4.69) is 0 Å². The molecule has 0 bridgehead atoms. The van der Waals surface area contributed by atoms with Crippen LogP contribution in [-0.2, 0) is 6.42 Å². The van der Waals surface area contributed by atoms with E-state index in [0.29, 0.717) is 21.5 Å². The molecule has 0 radical (unpaired) electrons. The lowest BCUT2D eigenvalue weighted by Crippen LogP contribution is -2.17. The molecule has 0 amide bonds. The van der Waals surface area contributed by atoms with Gasteiger partial charge in [0.15, 0.2) is 0 Å². The van der Waals surface area contributed by atoms with E-state index < -0.39 is 0 Å². The van der Waals surface area contributed by atoms with Crippen molar-refractivity contribution in [1.82, 2.24) is 0 Å². The van der Waals surface area contributed by atoms with Crippen LogP contribution < -0.4 is 10.5 Å². The SMILES string of the molecule is CC(N)Cc1ccc(Oc2ccccc2Cl)c(Cl)c1. The fraction of sp³-hybridized carbons (Fsp3) is 0.200. The quantitative estimate of drug-likeness (QED) is 0.889. The van der Waals surface area contributed by atoms with Crippen LogP contribution in [0.2, 0.25) is 10.0 Å². The molecule has 2 aromatic rings. The molecule has 2 nitrogen and oxygen atoms in total. The molecule has 19 heavy (non-hydrogen) atoms. The van der Waals surface area contributed by atoms with Gasteiger partial charge in [-0.2, -0.15) is 0 Å². The first-order valence-electron chi connectivity index (χ1n) is 6.02. The second-order valence-electron chi connectivity index (χ2n) is 4.48. The predicted octanol–water partition coefficient (Wildman–Crippen LogP) is 4.68. The Balaban J connectivity index is 2.20. The van der Waals surface area contributed by atoms with Crippen LogP contribution in [0.3, 0.4) is 0 Å². The zero-order chi connectivity index (χ0) is 13.8. The molecule has 0 spiro atoms. The van der Waals surface area contributed by atoms with E-state index in [9.17, 15) is 0 Å². The van der Waals surface area contributed by atoms with Crippen LogP contribution >= 0.6 is 23.2 Å². The molecule has 0 fully saturated rings. The van der Waals surface area contributed by atoms with Crippen LogP contribution in [0.5, 0.6) is 11.5 Å². The van der Waals surface area contributed by atoms with Crippen LogP contribution in [0, 0.1) is 0 Å². The molecule has 2 N–H and O–H groups in total. The highest BCUT2D eigenvalue weighted by Crippen LogP contribution is 2.33. The number of ether oxygens (including phenoxy) is 1. The minimum Gasteiger partial charge on any atom is -0.454 e. The van der Waals surface area contributed by atoms with E-state index in [1.807, 2.05) is 37.3 Å². The molecule has 0 saturated heterocycles. The van der Waals surface area contributed by atoms with Crippen molar-refractivity contribution in [3.05, 3.63) is 58.1 Å². The molecule has 0 aromatic heterocycles. The van der Waals surface area contributed by atoms with Crippen molar-refractivity contribution in [3.8, 4) is 11.5 Å². The first kappa shape index (κ1) is 14.2. The van der Waals surface area contributed by atoms with E-state index in [1.165, 1.54) is 0 Å². The molecular formula is C15H15Cl2NO. The van der Waals surface area contributed by atoms with Gasteiger partial charge in [0.2, 0.25) is 0 Å². The summed E-state index contributed by atoms with van der Waals surface area (Å²) in [6.07, 6.45) is 0.784. The van der Waals surface area contributed by atoms with E-state index >= 15 is 0 Å². The summed E-state index contributed by atoms with van der Waals surface area (Å²) in [6, 6.07) is 13.1. The summed E-state index contributed by atoms with van der Waals surface area (Å²) < 4.78 is 5.70. The maximum Gasteiger partial charge on any atom is 0.146 e. The standard InChI is InChI=1S/C15H15Cl2NO/c1-10(18)8-11-6-7-15(13(17)9-11)19-14-5-3-2-4-12(14)16/h2-7,9-10H,8,18H2,1H3. The van der Waals surface area contributed by atoms with Crippen molar-refractivity contribution in [2.75, 3.05) is 0 Å². The van der Waals surface area contributed by atoms with Gasteiger partial charge in [0.05, 0.1) is 10.0 Å². The molecular weight excluding hydrogens is 281 g/mol. The Hall–Kier alpha value is -1.22. The highest BCUT2D eigenvalue weighted by molar-refractivity contribution is 6.32. The number of nitrogens with two attached hydrogens (primary N) is 1. The third-order valence-electron chi connectivity index (χ3n) is 2.61. The number of benzene rings is 2. The summed E-state index contributed by atoms with van der Waals surface area (Å²) in [5, 5.41) is 1.11. The zero-order valence-electron chi connectivity index (χ0n) is 10.6. The average Bonchev–Trinajstić information content (AvgIpc) is 2.34. The van der Waals surface area contributed by atoms with Gasteiger partial charge in [0.1, 0.15) is 11.5 Å². The second kappa shape index (κ2) is 6.29. The lowest BCUT2D eigenvalue weighted by molar-refractivity contribution is 0.483. The molecule has 2 rings (SSSR count). The summed E-state index contributed by atoms with van der Waals surface area (Å²) >= 11 is 12.2. The third-order valence-corrected chi connectivity index (χ3v) is 3.22. The predicted molar refractivity (Wildman–Crippen MR) is 80.3 cm³/mol. The van der Waals surface area contributed by atoms with Crippen molar-refractivity contribution in [3.63, 3.8) is 0 Å². The van der Waals surface area contributed by atoms with Gasteiger partial charge in [0, 0.05) is 6.04 Å². The van der Waals surface area contributed by atoms with Crippen LogP contribution in [0.4, 0.5) is 0 Å². The van der Waals surface area contributed by atoms with E-state index in [0.717, 1.165) is 12.0 Å². The van der Waals surface area contributed by atoms with Crippen LogP contribution in [0.1, 0.15) is 12.5 Å². The molecule has 0 aliphatic carbocycles. The van der Waals surface area contributed by atoms with E-state index in [1.54, 1.807) is 12.1 Å². The Bertz CT molecular complexity index is 570. The molecule has 1 atom stereocenters. The highest BCUT2D eigenvalue weighted by atomic mass is 35.5. The molecule has 0 heterocycles. The van der Waals surface area contributed by atoms with Gasteiger partial charge in [-0.05, 0) is 43.2 Å². The highest BCUT2D eigenvalue weighted by Gasteiger charge is 2.07. The Labute approximate surface area is 123 Å². The molecule has 0 aliphatic rings. The molecule has 0 saturated carbocycles. The molecule has 1 unspecified atom stereocenters. The molecule has 4 heteroatoms. The van der Waals surface area contributed by atoms with E-state index in [-0.39, 0.29) is 6.04 Å². The van der Waals surface area contributed by atoms with Crippen molar-refractivity contribution in [1.29, 1.82) is 0 Å². The van der Waals surface area contributed by atoms with Gasteiger partial charge in [-0.1, -0.05) is 41.4 Å². The first-order chi connectivity index (χ1) is 9.06. The van der Waals surface area contributed by atoms with Crippen molar-refractivity contribution >= 4 is 23.2 Å². The lowest BCUT2D eigenvalue weighted by Gasteiger charge is -2.11. The zero-order valence-corrected chi connectivity index (χ0v) is 12.1. The first-order valence-corrected chi connectivity index (χ1v) is 6.78. The number of hydrogen-bond acceptors (Lipinski definition) is 2. The number of rotatable bonds is 4. The van der Waals surface area contributed by atoms with Crippen molar-refractivity contribution in [2.24, 2.45) is 5.73 Å². The Kier molecular flexibility index (Phi) is 4.70. The smallest absolute Gasteiger partial charge is 0.146 e. The van der Waals surface area contributed by atoms with Crippen molar-refractivity contribution < 1.29 is 4.74 Å². The van der Waals surface area contributed by atoms with Crippen LogP contribution in [0.15, 0.2) is 42.5 Å². The van der Waals surface area contributed by atoms with Gasteiger partial charge in [-0.25, -0.2) is 0 Å². The Morgan fingerprint density at radius 1 is 1.05 bits per heavy atom. The lowest BCUT2D eigenvalue weighted by atomic mass is 10.1. The van der Waals surface area contributed by atoms with Gasteiger partial charge in [0.25, 0.3) is 0 Å². The number of para-hydroxylation sites is 1. The Morgan fingerprint density at radius 3 is 2.37 bits per heavy atom. The Morgan fingerprint density at radius 2 is 1.74 bits per heavy atom. The fourth-order valence-electron chi connectivity index (χ4n) is 1.77. The second-order valence-corrected chi connectivity index (χ2v) is 5.29. The molecule has 2 aromatic carbocycles. The summed E-state index contributed by atoms with van der Waals surface area (Å²) in [6.45, 7) is 1.96. The minimum atomic E-state index is 0.103. The maximum atomic E-state index is 6.21. The van der Waals surface area contributed by atoms with E-state index in [4.69, 9.17) is 33.7 Å². The summed E-state index contributed by atoms with van der Waals surface area (Å²) in [5.41, 5.74) is 6.85. The van der Waals surface area contributed by atoms with Crippen LogP contribution in [0.25, 0.3) is 0 Å². The minimum absolute atomic E-state index is 0.103. The fourth-order valence-corrected chi connectivity index (χ4v) is 2.19. The summed E-state index contributed by atoms with van der Waals surface area (Å²) in [5.74, 6) is 1.18. The topological polar surface area (TPSA) is 35.2 Å². The van der Waals surface area contributed by atoms with Gasteiger partial charge in [-0.3, -0.25) is 0 Å². The monoisotopic (exact) mass is 295 g/mol. The van der Waals surface area contributed by atoms with Gasteiger partial charge < -0.3 is 10.5 Å². The summed E-state index contributed by atoms with van der Waals surface area (Å²) in [7, 11) is 0. The van der Waals surface area contributed by atoms with Gasteiger partial charge >= 0.3 is 0 Å². The molecule has 100 valence electrons. The number of hydrogen-bond donors (Lipinski definition) is 1. The normalized spacial score (nSPS) is 12.2. The largest absolute Gasteiger partial charge is 0.454 e. The molecule has 0 aliphatic heterocycles. The summed E-state index contributed by atoms with van der Waals surface area (Å²) in [4.78, 5) is 0. The average molecular weight is 296 g/mol. The maximum absolute atomic E-state index is 6.21.